The van der Waals surface area contributed by atoms with E-state index in [1.165, 1.54) is 18.6 Å². The number of thioether (sulfide) groups is 1. The van der Waals surface area contributed by atoms with Crippen LogP contribution in [0.2, 0.25) is 10.0 Å². The van der Waals surface area contributed by atoms with Crippen LogP contribution in [0.15, 0.2) is 12.3 Å². The zero-order valence-electron chi connectivity index (χ0n) is 9.09. The van der Waals surface area contributed by atoms with Gasteiger partial charge in [0.2, 0.25) is 0 Å². The molecule has 0 bridgehead atoms. The van der Waals surface area contributed by atoms with E-state index in [9.17, 15) is 0 Å². The normalized spacial score (nSPS) is 24.7. The summed E-state index contributed by atoms with van der Waals surface area (Å²) < 4.78 is 0.310. The van der Waals surface area contributed by atoms with Crippen molar-refractivity contribution in [3.8, 4) is 0 Å². The summed E-state index contributed by atoms with van der Waals surface area (Å²) in [5.41, 5.74) is 0. The maximum atomic E-state index is 6.04. The van der Waals surface area contributed by atoms with Gasteiger partial charge in [-0.3, -0.25) is 0 Å². The summed E-state index contributed by atoms with van der Waals surface area (Å²) in [6, 6.07) is 1.71. The third-order valence-corrected chi connectivity index (χ3v) is 4.77. The van der Waals surface area contributed by atoms with Gasteiger partial charge in [-0.15, -0.1) is 0 Å². The highest BCUT2D eigenvalue weighted by Crippen LogP contribution is 2.38. The Morgan fingerprint density at radius 2 is 2.38 bits per heavy atom. The molecule has 1 aromatic heterocycles. The van der Waals surface area contributed by atoms with Crippen LogP contribution in [0.25, 0.3) is 0 Å². The molecule has 2 nitrogen and oxygen atoms in total. The fourth-order valence-electron chi connectivity index (χ4n) is 1.79. The first-order valence-corrected chi connectivity index (χ1v) is 7.02. The minimum Gasteiger partial charge on any atom is -0.367 e. The lowest BCUT2D eigenvalue weighted by molar-refractivity contribution is 0.634. The molecule has 1 saturated heterocycles. The lowest BCUT2D eigenvalue weighted by atomic mass is 10.1. The van der Waals surface area contributed by atoms with Crippen molar-refractivity contribution in [3.63, 3.8) is 0 Å². The molecule has 1 fully saturated rings. The van der Waals surface area contributed by atoms with Gasteiger partial charge in [-0.25, -0.2) is 4.98 Å². The molecule has 88 valence electrons. The highest BCUT2D eigenvalue weighted by molar-refractivity contribution is 8.00. The van der Waals surface area contributed by atoms with E-state index in [1.54, 1.807) is 12.3 Å². The van der Waals surface area contributed by atoms with Crippen molar-refractivity contribution < 1.29 is 0 Å². The van der Waals surface area contributed by atoms with Crippen LogP contribution in [-0.2, 0) is 0 Å². The van der Waals surface area contributed by atoms with E-state index in [2.05, 4.69) is 17.2 Å². The molecule has 1 unspecified atom stereocenters. The summed E-state index contributed by atoms with van der Waals surface area (Å²) in [5.74, 6) is 1.97. The van der Waals surface area contributed by atoms with Gasteiger partial charge in [0.1, 0.15) is 5.82 Å². The van der Waals surface area contributed by atoms with Crippen molar-refractivity contribution in [1.82, 2.24) is 4.98 Å². The standard InChI is InChI=1S/C11H14Cl2N2S/c1-11(3-2-4-16-11)7-15-10-9(13)5-8(12)6-14-10/h5-6H,2-4,7H2,1H3,(H,14,15). The van der Waals surface area contributed by atoms with Crippen LogP contribution < -0.4 is 5.32 Å². The van der Waals surface area contributed by atoms with E-state index < -0.39 is 0 Å². The van der Waals surface area contributed by atoms with E-state index in [1.807, 2.05) is 11.8 Å². The van der Waals surface area contributed by atoms with Gasteiger partial charge in [0.25, 0.3) is 0 Å². The minimum atomic E-state index is 0.310. The van der Waals surface area contributed by atoms with Gasteiger partial charge in [0.15, 0.2) is 0 Å². The molecule has 0 aliphatic carbocycles. The first kappa shape index (κ1) is 12.3. The van der Waals surface area contributed by atoms with Crippen molar-refractivity contribution in [1.29, 1.82) is 0 Å². The number of pyridine rings is 1. The summed E-state index contributed by atoms with van der Waals surface area (Å²) in [4.78, 5) is 4.19. The number of rotatable bonds is 3. The van der Waals surface area contributed by atoms with Gasteiger partial charge >= 0.3 is 0 Å². The van der Waals surface area contributed by atoms with Gasteiger partial charge in [-0.1, -0.05) is 23.2 Å². The van der Waals surface area contributed by atoms with Gasteiger partial charge < -0.3 is 5.32 Å². The molecule has 1 N–H and O–H groups in total. The molecule has 1 aromatic rings. The van der Waals surface area contributed by atoms with Crippen LogP contribution in [0.3, 0.4) is 0 Å². The second-order valence-electron chi connectivity index (χ2n) is 4.24. The van der Waals surface area contributed by atoms with E-state index in [-0.39, 0.29) is 0 Å². The predicted molar refractivity (Wildman–Crippen MR) is 72.8 cm³/mol. The van der Waals surface area contributed by atoms with E-state index in [0.717, 1.165) is 12.4 Å². The number of hydrogen-bond donors (Lipinski definition) is 1. The summed E-state index contributed by atoms with van der Waals surface area (Å²) >= 11 is 13.9. The molecule has 0 radical (unpaired) electrons. The van der Waals surface area contributed by atoms with Crippen molar-refractivity contribution in [2.45, 2.75) is 24.5 Å². The Morgan fingerprint density at radius 1 is 1.56 bits per heavy atom. The Morgan fingerprint density at radius 3 is 3.00 bits per heavy atom. The third-order valence-electron chi connectivity index (χ3n) is 2.74. The van der Waals surface area contributed by atoms with Crippen LogP contribution in [0.4, 0.5) is 5.82 Å². The first-order valence-electron chi connectivity index (χ1n) is 5.28. The molecule has 1 aliphatic rings. The molecule has 5 heteroatoms. The second kappa shape index (κ2) is 5.03. The van der Waals surface area contributed by atoms with E-state index in [4.69, 9.17) is 23.2 Å². The van der Waals surface area contributed by atoms with Crippen LogP contribution in [0.1, 0.15) is 19.8 Å². The zero-order valence-corrected chi connectivity index (χ0v) is 11.4. The summed E-state index contributed by atoms with van der Waals surface area (Å²) in [6.45, 7) is 3.17. The number of nitrogens with zero attached hydrogens (tertiary/aromatic N) is 1. The van der Waals surface area contributed by atoms with Gasteiger partial charge in [-0.2, -0.15) is 11.8 Å². The maximum absolute atomic E-state index is 6.04. The Labute approximate surface area is 110 Å². The Hall–Kier alpha value is -0.120. The fourth-order valence-corrected chi connectivity index (χ4v) is 3.48. The van der Waals surface area contributed by atoms with Gasteiger partial charge in [0.05, 0.1) is 10.0 Å². The Kier molecular flexibility index (Phi) is 3.88. The number of anilines is 1. The van der Waals surface area contributed by atoms with Gasteiger partial charge in [0, 0.05) is 17.5 Å². The van der Waals surface area contributed by atoms with Crippen molar-refractivity contribution >= 4 is 40.8 Å². The van der Waals surface area contributed by atoms with E-state index >= 15 is 0 Å². The predicted octanol–water partition coefficient (Wildman–Crippen LogP) is 4.09. The fraction of sp³-hybridized carbons (Fsp3) is 0.545. The number of halogens is 2. The average Bonchev–Trinajstić information content (AvgIpc) is 2.64. The third kappa shape index (κ3) is 2.96. The van der Waals surface area contributed by atoms with Gasteiger partial charge in [-0.05, 0) is 31.6 Å². The van der Waals surface area contributed by atoms with Crippen LogP contribution in [-0.4, -0.2) is 22.0 Å². The Balaban J connectivity index is 1.99. The molecule has 1 atom stereocenters. The molecule has 16 heavy (non-hydrogen) atoms. The molecule has 0 spiro atoms. The van der Waals surface area contributed by atoms with Crippen LogP contribution in [0.5, 0.6) is 0 Å². The molecular formula is C11H14Cl2N2S. The average molecular weight is 277 g/mol. The highest BCUT2D eigenvalue weighted by Gasteiger charge is 2.29. The maximum Gasteiger partial charge on any atom is 0.144 e. The lowest BCUT2D eigenvalue weighted by Gasteiger charge is -2.23. The summed E-state index contributed by atoms with van der Waals surface area (Å²) in [6.07, 6.45) is 4.15. The smallest absolute Gasteiger partial charge is 0.144 e. The number of aromatic nitrogens is 1. The zero-order chi connectivity index (χ0) is 11.6. The largest absolute Gasteiger partial charge is 0.367 e. The number of nitrogens with one attached hydrogen (secondary N) is 1. The molecule has 1 aliphatic heterocycles. The molecule has 0 aromatic carbocycles. The quantitative estimate of drug-likeness (QED) is 0.900. The summed E-state index contributed by atoms with van der Waals surface area (Å²) in [5, 5.41) is 4.45. The van der Waals surface area contributed by atoms with Crippen molar-refractivity contribution in [2.24, 2.45) is 0 Å². The molecule has 0 saturated carbocycles. The molecule has 2 heterocycles. The molecular weight excluding hydrogens is 263 g/mol. The van der Waals surface area contributed by atoms with Crippen LogP contribution in [0, 0.1) is 0 Å². The summed E-state index contributed by atoms with van der Waals surface area (Å²) in [7, 11) is 0. The molecule has 0 amide bonds. The Bertz CT molecular complexity index is 378. The SMILES string of the molecule is CC1(CNc2ncc(Cl)cc2Cl)CCCS1. The van der Waals surface area contributed by atoms with Crippen molar-refractivity contribution in [3.05, 3.63) is 22.3 Å². The number of hydrogen-bond acceptors (Lipinski definition) is 3. The van der Waals surface area contributed by atoms with E-state index in [0.29, 0.717) is 14.8 Å². The minimum absolute atomic E-state index is 0.310. The second-order valence-corrected chi connectivity index (χ2v) is 6.77. The van der Waals surface area contributed by atoms with Crippen molar-refractivity contribution in [2.75, 3.05) is 17.6 Å². The first-order chi connectivity index (χ1) is 7.59. The molecule has 2 rings (SSSR count). The topological polar surface area (TPSA) is 24.9 Å². The monoisotopic (exact) mass is 276 g/mol. The lowest BCUT2D eigenvalue weighted by Crippen LogP contribution is -2.27. The van der Waals surface area contributed by atoms with Crippen LogP contribution >= 0.6 is 35.0 Å². The highest BCUT2D eigenvalue weighted by atomic mass is 35.5.